The average Bonchev–Trinajstić information content (AvgIpc) is 2.44. The number of hydrogen-bond acceptors (Lipinski definition) is 5. The number of aliphatic hydroxyl groups excluding tert-OH is 3. The van der Waals surface area contributed by atoms with E-state index in [0.29, 0.717) is 6.42 Å². The lowest BCUT2D eigenvalue weighted by Gasteiger charge is -2.21. The van der Waals surface area contributed by atoms with Crippen LogP contribution in [0.4, 0.5) is 0 Å². The highest BCUT2D eigenvalue weighted by molar-refractivity contribution is 7.50. The zero-order valence-corrected chi connectivity index (χ0v) is 13.5. The number of aliphatic hydroxyl groups is 3. The lowest BCUT2D eigenvalue weighted by atomic mass is 9.92. The molecule has 0 saturated carbocycles. The van der Waals surface area contributed by atoms with Crippen molar-refractivity contribution in [2.75, 3.05) is 0 Å². The first-order valence-electron chi connectivity index (χ1n) is 7.09. The fourth-order valence-corrected chi connectivity index (χ4v) is 2.91. The first-order valence-corrected chi connectivity index (χ1v) is 8.66. The molecule has 0 saturated heterocycles. The number of phenols is 1. The van der Waals surface area contributed by atoms with Gasteiger partial charge in [-0.2, -0.15) is 4.76 Å². The highest BCUT2D eigenvalue weighted by atomic mass is 31.2. The molecule has 0 fully saturated rings. The molecular formula is C15H18NO7P. The maximum absolute atomic E-state index is 11.1. The summed E-state index contributed by atoms with van der Waals surface area (Å²) in [6.45, 7) is 0. The minimum absolute atomic E-state index is 0.114. The van der Waals surface area contributed by atoms with E-state index in [-0.39, 0.29) is 35.6 Å². The van der Waals surface area contributed by atoms with Gasteiger partial charge in [-0.25, -0.2) is 4.57 Å². The molecule has 1 aliphatic carbocycles. The minimum Gasteiger partial charge on any atom is -0.512 e. The second kappa shape index (κ2) is 7.19. The van der Waals surface area contributed by atoms with Crippen LogP contribution in [-0.4, -0.2) is 42.0 Å². The Hall–Kier alpha value is -2.12. The van der Waals surface area contributed by atoms with Crippen molar-refractivity contribution >= 4 is 13.5 Å². The topological polar surface area (TPSA) is 151 Å². The predicted octanol–water partition coefficient (Wildman–Crippen LogP) is 1.88. The highest BCUT2D eigenvalue weighted by Gasteiger charge is 2.28. The second-order valence-electron chi connectivity index (χ2n) is 5.39. The molecule has 0 bridgehead atoms. The van der Waals surface area contributed by atoms with Crippen molar-refractivity contribution in [1.29, 1.82) is 0 Å². The third-order valence-electron chi connectivity index (χ3n) is 3.47. The monoisotopic (exact) mass is 355 g/mol. The number of nitrogens with zero attached hydrogens (tertiary/aromatic N) is 1. The maximum Gasteiger partial charge on any atom is 0.448 e. The van der Waals surface area contributed by atoms with Gasteiger partial charge in [-0.1, -0.05) is 12.1 Å². The van der Waals surface area contributed by atoms with Crippen LogP contribution < -0.4 is 0 Å². The summed E-state index contributed by atoms with van der Waals surface area (Å²) in [4.78, 5) is 18.0. The summed E-state index contributed by atoms with van der Waals surface area (Å²) < 4.78 is 14.3. The molecule has 0 aliphatic heterocycles. The van der Waals surface area contributed by atoms with Gasteiger partial charge >= 0.3 is 7.75 Å². The lowest BCUT2D eigenvalue weighted by Crippen LogP contribution is -2.24. The van der Waals surface area contributed by atoms with Gasteiger partial charge in [0.1, 0.15) is 17.3 Å². The van der Waals surface area contributed by atoms with Crippen LogP contribution in [0.2, 0.25) is 0 Å². The van der Waals surface area contributed by atoms with Crippen molar-refractivity contribution in [3.05, 3.63) is 53.0 Å². The molecule has 2 rings (SSSR count). The number of hydrogen-bond donors (Lipinski definition) is 6. The molecule has 24 heavy (non-hydrogen) atoms. The van der Waals surface area contributed by atoms with Gasteiger partial charge in [-0.15, -0.1) is 0 Å². The number of rotatable bonds is 5. The highest BCUT2D eigenvalue weighted by Crippen LogP contribution is 2.39. The van der Waals surface area contributed by atoms with Crippen LogP contribution >= 0.6 is 7.75 Å². The van der Waals surface area contributed by atoms with Gasteiger partial charge in [0, 0.05) is 18.1 Å². The average molecular weight is 355 g/mol. The van der Waals surface area contributed by atoms with Crippen LogP contribution in [0.25, 0.3) is 0 Å². The van der Waals surface area contributed by atoms with Crippen molar-refractivity contribution in [3.8, 4) is 5.75 Å². The molecule has 0 heterocycles. The van der Waals surface area contributed by atoms with Crippen molar-refractivity contribution < 1.29 is 34.8 Å². The summed E-state index contributed by atoms with van der Waals surface area (Å²) in [6, 6.07) is 6.35. The third-order valence-corrected chi connectivity index (χ3v) is 3.97. The third kappa shape index (κ3) is 4.94. The van der Waals surface area contributed by atoms with Crippen molar-refractivity contribution in [3.63, 3.8) is 0 Å². The number of aryl methyl sites for hydroxylation is 1. The Morgan fingerprint density at radius 2 is 1.75 bits per heavy atom. The molecule has 0 aromatic heterocycles. The van der Waals surface area contributed by atoms with Gasteiger partial charge in [0.15, 0.2) is 0 Å². The number of allylic oxidation sites excluding steroid dienone is 2. The standard InChI is InChI=1S/C15H18NO7P/c17-10-4-1-9(2-5-10)3-6-13(19)15-12(16-24(21,22)23)7-11(18)8-14(15)20/h1-2,4-5,8,13,17-20H,3,6-7H2,(H2,21,22,23). The molecule has 9 heteroatoms. The molecule has 1 atom stereocenters. The quantitative estimate of drug-likeness (QED) is 0.441. The molecule has 1 unspecified atom stereocenters. The molecule has 130 valence electrons. The van der Waals surface area contributed by atoms with E-state index in [9.17, 15) is 25.0 Å². The lowest BCUT2D eigenvalue weighted by molar-refractivity contribution is 0.200. The van der Waals surface area contributed by atoms with E-state index < -0.39 is 19.6 Å². The number of aromatic hydroxyl groups is 1. The summed E-state index contributed by atoms with van der Waals surface area (Å²) in [5, 5.41) is 39.0. The molecule has 8 nitrogen and oxygen atoms in total. The maximum atomic E-state index is 11.1. The zero-order valence-electron chi connectivity index (χ0n) is 12.6. The normalized spacial score (nSPS) is 18.6. The summed E-state index contributed by atoms with van der Waals surface area (Å²) >= 11 is 0. The first kappa shape index (κ1) is 18.2. The van der Waals surface area contributed by atoms with Gasteiger partial charge in [-0.3, -0.25) is 0 Å². The van der Waals surface area contributed by atoms with Crippen LogP contribution in [0.15, 0.2) is 52.2 Å². The summed E-state index contributed by atoms with van der Waals surface area (Å²) in [5.74, 6) is -0.679. The Labute approximate surface area is 138 Å². The summed E-state index contributed by atoms with van der Waals surface area (Å²) in [7, 11) is -4.78. The predicted molar refractivity (Wildman–Crippen MR) is 86.9 cm³/mol. The van der Waals surface area contributed by atoms with Gasteiger partial charge in [-0.05, 0) is 30.5 Å². The van der Waals surface area contributed by atoms with Gasteiger partial charge in [0.25, 0.3) is 0 Å². The molecule has 6 N–H and O–H groups in total. The van der Waals surface area contributed by atoms with Gasteiger partial charge in [0.05, 0.1) is 11.8 Å². The Morgan fingerprint density at radius 1 is 1.12 bits per heavy atom. The molecule has 0 amide bonds. The van der Waals surface area contributed by atoms with E-state index in [1.165, 1.54) is 12.1 Å². The van der Waals surface area contributed by atoms with Crippen molar-refractivity contribution in [2.24, 2.45) is 4.76 Å². The molecule has 0 radical (unpaired) electrons. The molecular weight excluding hydrogens is 337 g/mol. The van der Waals surface area contributed by atoms with E-state index in [2.05, 4.69) is 4.76 Å². The van der Waals surface area contributed by atoms with Gasteiger partial charge in [0.2, 0.25) is 0 Å². The first-order chi connectivity index (χ1) is 11.2. The minimum atomic E-state index is -4.78. The van der Waals surface area contributed by atoms with Crippen LogP contribution in [0, 0.1) is 0 Å². The van der Waals surface area contributed by atoms with Crippen LogP contribution in [0.1, 0.15) is 18.4 Å². The number of benzene rings is 1. The van der Waals surface area contributed by atoms with Crippen molar-refractivity contribution in [2.45, 2.75) is 25.4 Å². The molecule has 1 aliphatic rings. The van der Waals surface area contributed by atoms with E-state index in [4.69, 9.17) is 9.79 Å². The Balaban J connectivity index is 2.21. The van der Waals surface area contributed by atoms with E-state index in [1.54, 1.807) is 12.1 Å². The fraction of sp³-hybridized carbons (Fsp3) is 0.267. The smallest absolute Gasteiger partial charge is 0.448 e. The second-order valence-corrected chi connectivity index (χ2v) is 6.62. The van der Waals surface area contributed by atoms with E-state index in [0.717, 1.165) is 11.6 Å². The molecule has 1 aromatic carbocycles. The summed E-state index contributed by atoms with van der Waals surface area (Å²) in [5.41, 5.74) is 0.462. The van der Waals surface area contributed by atoms with Crippen LogP contribution in [0.3, 0.4) is 0 Å². The van der Waals surface area contributed by atoms with Crippen LogP contribution in [-0.2, 0) is 11.0 Å². The largest absolute Gasteiger partial charge is 0.512 e. The SMILES string of the molecule is O=P(O)(O)N=C1CC(O)=CC(O)=C1C(O)CCc1ccc(O)cc1. The number of phenolic OH excluding ortho intramolecular Hbond substituents is 1. The summed E-state index contributed by atoms with van der Waals surface area (Å²) in [6.07, 6.45) is 0.0442. The molecule has 1 aromatic rings. The Bertz CT molecular complexity index is 746. The Morgan fingerprint density at radius 3 is 2.33 bits per heavy atom. The van der Waals surface area contributed by atoms with E-state index >= 15 is 0 Å². The zero-order chi connectivity index (χ0) is 17.9. The van der Waals surface area contributed by atoms with Crippen LogP contribution in [0.5, 0.6) is 5.75 Å². The Kier molecular flexibility index (Phi) is 5.46. The molecule has 0 spiro atoms. The van der Waals surface area contributed by atoms with E-state index in [1.807, 2.05) is 0 Å². The fourth-order valence-electron chi connectivity index (χ4n) is 2.42. The van der Waals surface area contributed by atoms with Crippen molar-refractivity contribution in [1.82, 2.24) is 0 Å². The van der Waals surface area contributed by atoms with Gasteiger partial charge < -0.3 is 30.2 Å².